The Morgan fingerprint density at radius 1 is 1.15 bits per heavy atom. The molecule has 0 aromatic heterocycles. The molecule has 1 aromatic carbocycles. The molecule has 1 atom stereocenters. The quantitative estimate of drug-likeness (QED) is 0.534. The topological polar surface area (TPSA) is 95.1 Å². The molecular weight excluding hydrogens is 358 g/mol. The first-order valence-corrected chi connectivity index (χ1v) is 10.2. The van der Waals surface area contributed by atoms with Crippen molar-refractivity contribution in [2.75, 3.05) is 32.1 Å². The van der Waals surface area contributed by atoms with Gasteiger partial charge in [0.15, 0.2) is 9.84 Å². The lowest BCUT2D eigenvalue weighted by Gasteiger charge is -2.34. The van der Waals surface area contributed by atoms with Gasteiger partial charge in [0.25, 0.3) is 11.8 Å². The molecule has 1 fully saturated rings. The van der Waals surface area contributed by atoms with E-state index in [0.717, 1.165) is 4.90 Å². The fraction of sp³-hybridized carbons (Fsp3) is 0.471. The molecule has 0 saturated carbocycles. The molecule has 140 valence electrons. The Kier molecular flexibility index (Phi) is 4.85. The summed E-state index contributed by atoms with van der Waals surface area (Å²) < 4.78 is 23.4. The van der Waals surface area contributed by atoms with Gasteiger partial charge >= 0.3 is 0 Å². The Morgan fingerprint density at radius 3 is 2.19 bits per heavy atom. The van der Waals surface area contributed by atoms with E-state index < -0.39 is 27.7 Å². The van der Waals surface area contributed by atoms with E-state index in [1.54, 1.807) is 43.4 Å². The molecule has 8 nitrogen and oxygen atoms in total. The van der Waals surface area contributed by atoms with Gasteiger partial charge < -0.3 is 0 Å². The van der Waals surface area contributed by atoms with Crippen LogP contribution in [0.25, 0.3) is 0 Å². The molecule has 2 aliphatic heterocycles. The summed E-state index contributed by atoms with van der Waals surface area (Å²) in [6.07, 6.45) is 0.333. The summed E-state index contributed by atoms with van der Waals surface area (Å²) in [5, 5.41) is 2.99. The number of hydrazine groups is 1. The van der Waals surface area contributed by atoms with Crippen LogP contribution in [0.5, 0.6) is 0 Å². The van der Waals surface area contributed by atoms with E-state index in [2.05, 4.69) is 0 Å². The Morgan fingerprint density at radius 2 is 1.73 bits per heavy atom. The number of rotatable bonds is 5. The zero-order chi connectivity index (χ0) is 19.1. The predicted octanol–water partition coefficient (Wildman–Crippen LogP) is 0.165. The van der Waals surface area contributed by atoms with E-state index in [4.69, 9.17) is 0 Å². The molecule has 3 amide bonds. The van der Waals surface area contributed by atoms with Crippen molar-refractivity contribution in [3.63, 3.8) is 0 Å². The molecule has 2 heterocycles. The summed E-state index contributed by atoms with van der Waals surface area (Å²) in [5.41, 5.74) is 0.688. The molecule has 26 heavy (non-hydrogen) atoms. The van der Waals surface area contributed by atoms with E-state index in [9.17, 15) is 22.8 Å². The molecule has 2 aliphatic rings. The SMILES string of the molecule is CN(C)N(C(=O)CCN1C(=O)c2ccccc2C1=O)[C@H]1CCS(=O)(=O)C1. The van der Waals surface area contributed by atoms with Crippen molar-refractivity contribution in [2.45, 2.75) is 18.9 Å². The van der Waals surface area contributed by atoms with E-state index in [0.29, 0.717) is 17.5 Å². The highest BCUT2D eigenvalue weighted by molar-refractivity contribution is 7.91. The lowest BCUT2D eigenvalue weighted by molar-refractivity contribution is -0.149. The molecule has 0 N–H and O–H groups in total. The highest BCUT2D eigenvalue weighted by atomic mass is 32.2. The monoisotopic (exact) mass is 379 g/mol. The summed E-state index contributed by atoms with van der Waals surface area (Å²) in [6, 6.07) is 6.14. The zero-order valence-electron chi connectivity index (χ0n) is 14.7. The van der Waals surface area contributed by atoms with Crippen LogP contribution in [0, 0.1) is 0 Å². The molecule has 1 aromatic rings. The number of carbonyl (C=O) groups excluding carboxylic acids is 3. The van der Waals surface area contributed by atoms with Crippen LogP contribution in [0.3, 0.4) is 0 Å². The fourth-order valence-corrected chi connectivity index (χ4v) is 5.18. The first-order chi connectivity index (χ1) is 12.2. The fourth-order valence-electron chi connectivity index (χ4n) is 3.49. The second kappa shape index (κ2) is 6.81. The molecular formula is C17H21N3O5S. The Hall–Kier alpha value is -2.26. The molecule has 1 saturated heterocycles. The zero-order valence-corrected chi connectivity index (χ0v) is 15.5. The van der Waals surface area contributed by atoms with Crippen molar-refractivity contribution in [2.24, 2.45) is 0 Å². The van der Waals surface area contributed by atoms with Gasteiger partial charge in [-0.25, -0.2) is 13.4 Å². The number of imide groups is 1. The van der Waals surface area contributed by atoms with Crippen molar-refractivity contribution in [3.8, 4) is 0 Å². The minimum atomic E-state index is -3.13. The second-order valence-corrected chi connectivity index (χ2v) is 8.93. The minimum absolute atomic E-state index is 0.0327. The number of hydrogen-bond donors (Lipinski definition) is 0. The number of benzene rings is 1. The molecule has 0 radical (unpaired) electrons. The van der Waals surface area contributed by atoms with Crippen LogP contribution in [-0.2, 0) is 14.6 Å². The van der Waals surface area contributed by atoms with Crippen LogP contribution in [0.1, 0.15) is 33.6 Å². The van der Waals surface area contributed by atoms with Crippen molar-refractivity contribution >= 4 is 27.6 Å². The lowest BCUT2D eigenvalue weighted by Crippen LogP contribution is -2.50. The van der Waals surface area contributed by atoms with Crippen LogP contribution < -0.4 is 0 Å². The van der Waals surface area contributed by atoms with Crippen molar-refractivity contribution < 1.29 is 22.8 Å². The van der Waals surface area contributed by atoms with Gasteiger partial charge in [-0.2, -0.15) is 0 Å². The molecule has 0 aliphatic carbocycles. The first-order valence-electron chi connectivity index (χ1n) is 8.36. The second-order valence-electron chi connectivity index (χ2n) is 6.70. The van der Waals surface area contributed by atoms with Gasteiger partial charge in [-0.05, 0) is 18.6 Å². The third kappa shape index (κ3) is 3.36. The average molecular weight is 379 g/mol. The largest absolute Gasteiger partial charge is 0.274 e. The van der Waals surface area contributed by atoms with Crippen LogP contribution in [0.4, 0.5) is 0 Å². The molecule has 3 rings (SSSR count). The van der Waals surface area contributed by atoms with Crippen molar-refractivity contribution in [1.29, 1.82) is 0 Å². The molecule has 0 bridgehead atoms. The van der Waals surface area contributed by atoms with Crippen LogP contribution in [-0.4, -0.2) is 79.2 Å². The standard InChI is InChI=1S/C17H21N3O5S/c1-18(2)20(12-8-10-26(24,25)11-12)15(21)7-9-19-16(22)13-5-3-4-6-14(13)17(19)23/h3-6,12H,7-11H2,1-2H3/t12-/m0/s1. The van der Waals surface area contributed by atoms with Crippen LogP contribution in [0.2, 0.25) is 0 Å². The van der Waals surface area contributed by atoms with Crippen molar-refractivity contribution in [1.82, 2.24) is 14.9 Å². The Labute approximate surface area is 152 Å². The molecule has 0 unspecified atom stereocenters. The molecule has 0 spiro atoms. The Balaban J connectivity index is 1.68. The summed E-state index contributed by atoms with van der Waals surface area (Å²) in [4.78, 5) is 38.4. The summed E-state index contributed by atoms with van der Waals surface area (Å²) >= 11 is 0. The minimum Gasteiger partial charge on any atom is -0.274 e. The summed E-state index contributed by atoms with van der Waals surface area (Å²) in [6.45, 7) is -0.0327. The van der Waals surface area contributed by atoms with Crippen molar-refractivity contribution in [3.05, 3.63) is 35.4 Å². The maximum atomic E-state index is 12.7. The predicted molar refractivity (Wildman–Crippen MR) is 94.0 cm³/mol. The van der Waals surface area contributed by atoms with E-state index in [-0.39, 0.29) is 30.4 Å². The average Bonchev–Trinajstić information content (AvgIpc) is 3.04. The van der Waals surface area contributed by atoms with Gasteiger partial charge in [-0.1, -0.05) is 12.1 Å². The number of hydrogen-bond acceptors (Lipinski definition) is 6. The lowest BCUT2D eigenvalue weighted by atomic mass is 10.1. The van der Waals surface area contributed by atoms with Gasteiger partial charge in [0.1, 0.15) is 0 Å². The highest BCUT2D eigenvalue weighted by Crippen LogP contribution is 2.23. The summed E-state index contributed by atoms with van der Waals surface area (Å²) in [5.74, 6) is -1.12. The van der Waals surface area contributed by atoms with Gasteiger partial charge in [-0.15, -0.1) is 0 Å². The number of fused-ring (bicyclic) bond motifs is 1. The molecule has 9 heteroatoms. The maximum absolute atomic E-state index is 12.7. The third-order valence-electron chi connectivity index (χ3n) is 4.67. The number of nitrogens with zero attached hydrogens (tertiary/aromatic N) is 3. The van der Waals surface area contributed by atoms with Gasteiger partial charge in [-0.3, -0.25) is 24.3 Å². The van der Waals surface area contributed by atoms with Gasteiger partial charge in [0.05, 0.1) is 28.7 Å². The van der Waals surface area contributed by atoms with E-state index in [1.165, 1.54) is 5.01 Å². The highest BCUT2D eigenvalue weighted by Gasteiger charge is 2.38. The maximum Gasteiger partial charge on any atom is 0.261 e. The first kappa shape index (κ1) is 18.5. The van der Waals surface area contributed by atoms with Gasteiger partial charge in [0.2, 0.25) is 5.91 Å². The number of amides is 3. The van der Waals surface area contributed by atoms with Crippen LogP contribution in [0.15, 0.2) is 24.3 Å². The Bertz CT molecular complexity index is 830. The van der Waals surface area contributed by atoms with E-state index >= 15 is 0 Å². The van der Waals surface area contributed by atoms with E-state index in [1.807, 2.05) is 0 Å². The summed E-state index contributed by atoms with van der Waals surface area (Å²) in [7, 11) is 0.212. The van der Waals surface area contributed by atoms with Crippen LogP contribution >= 0.6 is 0 Å². The smallest absolute Gasteiger partial charge is 0.261 e. The normalized spacial score (nSPS) is 21.3. The van der Waals surface area contributed by atoms with Gasteiger partial charge in [0, 0.05) is 27.1 Å². The number of sulfone groups is 1. The number of carbonyl (C=O) groups is 3. The third-order valence-corrected chi connectivity index (χ3v) is 6.42.